The molecule has 1 aromatic rings. The Morgan fingerprint density at radius 1 is 0.800 bits per heavy atom. The van der Waals surface area contributed by atoms with E-state index in [-0.39, 0.29) is 38.3 Å². The van der Waals surface area contributed by atoms with Crippen molar-refractivity contribution in [3.8, 4) is 11.5 Å². The fraction of sp³-hybridized carbons (Fsp3) is 0.657. The lowest BCUT2D eigenvalue weighted by atomic mass is 9.73. The standard InChI is InChI=1S/C35H54O10/c1-7-8-9-10-28-22-31(44-33(36)24-42-19-17-40-15-13-38-5)35(30-21-27(4)11-12-29(30)26(2)3)32(23-28)45-34(37)25-43-20-18-41-16-14-39-6/h21-23,29-30H,2,7-20,24-25H2,1,3-6H3/t29-,30+/m0/s1. The Labute approximate surface area is 269 Å². The molecule has 10 heteroatoms. The lowest BCUT2D eigenvalue weighted by Crippen LogP contribution is -2.23. The summed E-state index contributed by atoms with van der Waals surface area (Å²) in [7, 11) is 3.21. The minimum absolute atomic E-state index is 0.0792. The van der Waals surface area contributed by atoms with Crippen LogP contribution in [0.3, 0.4) is 0 Å². The molecule has 1 aromatic carbocycles. The number of esters is 2. The van der Waals surface area contributed by atoms with Crippen LogP contribution in [0.4, 0.5) is 0 Å². The third kappa shape index (κ3) is 15.0. The Kier molecular flexibility index (Phi) is 19.6. The number of rotatable bonds is 24. The topological polar surface area (TPSA) is 108 Å². The molecule has 254 valence electrons. The first-order chi connectivity index (χ1) is 21.8. The highest BCUT2D eigenvalue weighted by Gasteiger charge is 2.32. The van der Waals surface area contributed by atoms with E-state index in [4.69, 9.17) is 37.9 Å². The molecule has 0 N–H and O–H groups in total. The predicted octanol–water partition coefficient (Wildman–Crippen LogP) is 5.61. The molecule has 0 saturated heterocycles. The second kappa shape index (κ2) is 22.8. The summed E-state index contributed by atoms with van der Waals surface area (Å²) in [6, 6.07) is 3.80. The molecule has 0 unspecified atom stereocenters. The van der Waals surface area contributed by atoms with E-state index in [0.717, 1.165) is 49.7 Å². The first-order valence-corrected chi connectivity index (χ1v) is 16.0. The van der Waals surface area contributed by atoms with Crippen LogP contribution in [0, 0.1) is 5.92 Å². The van der Waals surface area contributed by atoms with Crippen molar-refractivity contribution in [3.05, 3.63) is 47.1 Å². The third-order valence-corrected chi connectivity index (χ3v) is 7.44. The fourth-order valence-corrected chi connectivity index (χ4v) is 5.12. The van der Waals surface area contributed by atoms with Crippen molar-refractivity contribution < 1.29 is 47.5 Å². The lowest BCUT2D eigenvalue weighted by molar-refractivity contribution is -0.140. The van der Waals surface area contributed by atoms with Gasteiger partial charge in [-0.25, -0.2) is 9.59 Å². The molecule has 1 aliphatic rings. The highest BCUT2D eigenvalue weighted by molar-refractivity contribution is 5.77. The maximum atomic E-state index is 13.0. The van der Waals surface area contributed by atoms with Crippen LogP contribution in [-0.4, -0.2) is 92.2 Å². The summed E-state index contributed by atoms with van der Waals surface area (Å²) >= 11 is 0. The molecule has 0 amide bonds. The van der Waals surface area contributed by atoms with Crippen LogP contribution in [0.5, 0.6) is 11.5 Å². The van der Waals surface area contributed by atoms with Crippen molar-refractivity contribution in [2.45, 2.75) is 65.2 Å². The van der Waals surface area contributed by atoms with Crippen molar-refractivity contribution in [2.75, 3.05) is 80.3 Å². The minimum Gasteiger partial charge on any atom is -0.424 e. The SMILES string of the molecule is C=C(C)[C@@H]1CCC(C)=C[C@H]1c1c(OC(=O)COCCOCCOC)cc(CCCCC)cc1OC(=O)COCCOCCOC. The molecule has 0 radical (unpaired) electrons. The second-order valence-corrected chi connectivity index (χ2v) is 11.3. The van der Waals surface area contributed by atoms with Crippen molar-refractivity contribution in [1.82, 2.24) is 0 Å². The highest BCUT2D eigenvalue weighted by atomic mass is 16.6. The number of ether oxygens (including phenoxy) is 8. The largest absolute Gasteiger partial charge is 0.424 e. The normalized spacial score (nSPS) is 16.3. The van der Waals surface area contributed by atoms with Gasteiger partial charge in [-0.2, -0.15) is 0 Å². The van der Waals surface area contributed by atoms with Crippen LogP contribution >= 0.6 is 0 Å². The number of aryl methyl sites for hydroxylation is 1. The van der Waals surface area contributed by atoms with E-state index in [1.54, 1.807) is 14.2 Å². The molecule has 1 aliphatic carbocycles. The molecule has 0 heterocycles. The number of unbranched alkanes of at least 4 members (excludes halogenated alkanes) is 2. The molecule has 2 atom stereocenters. The van der Waals surface area contributed by atoms with E-state index in [9.17, 15) is 9.59 Å². The summed E-state index contributed by atoms with van der Waals surface area (Å²) < 4.78 is 43.7. The van der Waals surface area contributed by atoms with E-state index in [1.165, 1.54) is 5.57 Å². The van der Waals surface area contributed by atoms with Crippen LogP contribution in [0.15, 0.2) is 35.9 Å². The van der Waals surface area contributed by atoms with Gasteiger partial charge in [-0.15, -0.1) is 0 Å². The maximum Gasteiger partial charge on any atom is 0.337 e. The van der Waals surface area contributed by atoms with Gasteiger partial charge < -0.3 is 37.9 Å². The first kappa shape index (κ1) is 38.6. The van der Waals surface area contributed by atoms with Gasteiger partial charge in [0.15, 0.2) is 0 Å². The van der Waals surface area contributed by atoms with Crippen molar-refractivity contribution in [1.29, 1.82) is 0 Å². The number of hydrogen-bond donors (Lipinski definition) is 0. The van der Waals surface area contributed by atoms with E-state index >= 15 is 0 Å². The zero-order valence-corrected chi connectivity index (χ0v) is 28.0. The first-order valence-electron chi connectivity index (χ1n) is 16.0. The van der Waals surface area contributed by atoms with Crippen molar-refractivity contribution >= 4 is 11.9 Å². The lowest BCUT2D eigenvalue weighted by Gasteiger charge is -2.32. The van der Waals surface area contributed by atoms with Gasteiger partial charge in [-0.1, -0.05) is 43.6 Å². The Hall–Kier alpha value is -2.60. The van der Waals surface area contributed by atoms with Crippen LogP contribution < -0.4 is 9.47 Å². The zero-order valence-electron chi connectivity index (χ0n) is 28.0. The molecule has 0 aliphatic heterocycles. The average Bonchev–Trinajstić information content (AvgIpc) is 3.00. The van der Waals surface area contributed by atoms with Gasteiger partial charge in [-0.05, 0) is 63.1 Å². The Morgan fingerprint density at radius 2 is 1.31 bits per heavy atom. The van der Waals surface area contributed by atoms with Gasteiger partial charge >= 0.3 is 11.9 Å². The smallest absolute Gasteiger partial charge is 0.337 e. The molecule has 0 saturated carbocycles. The summed E-state index contributed by atoms with van der Waals surface area (Å²) in [4.78, 5) is 26.1. The molecule has 0 bridgehead atoms. The molecule has 2 rings (SSSR count). The number of methoxy groups -OCH3 is 2. The number of benzene rings is 1. The zero-order chi connectivity index (χ0) is 32.9. The van der Waals surface area contributed by atoms with Crippen molar-refractivity contribution in [2.24, 2.45) is 5.92 Å². The van der Waals surface area contributed by atoms with Crippen LogP contribution in [0.25, 0.3) is 0 Å². The Balaban J connectivity index is 2.33. The predicted molar refractivity (Wildman–Crippen MR) is 172 cm³/mol. The Morgan fingerprint density at radius 3 is 1.80 bits per heavy atom. The summed E-state index contributed by atoms with van der Waals surface area (Å²) in [5.41, 5.74) is 3.79. The third-order valence-electron chi connectivity index (χ3n) is 7.44. The minimum atomic E-state index is -0.545. The van der Waals surface area contributed by atoms with E-state index in [1.807, 2.05) is 19.1 Å². The van der Waals surface area contributed by atoms with Crippen LogP contribution in [0.1, 0.15) is 69.9 Å². The number of allylic oxidation sites excluding steroid dienone is 3. The van der Waals surface area contributed by atoms with Gasteiger partial charge in [0.05, 0.1) is 52.9 Å². The monoisotopic (exact) mass is 634 g/mol. The van der Waals surface area contributed by atoms with Gasteiger partial charge in [0.1, 0.15) is 24.7 Å². The molecule has 45 heavy (non-hydrogen) atoms. The quantitative estimate of drug-likeness (QED) is 0.0617. The fourth-order valence-electron chi connectivity index (χ4n) is 5.12. The molecule has 0 fully saturated rings. The number of carbonyl (C=O) groups excluding carboxylic acids is 2. The molecule has 10 nitrogen and oxygen atoms in total. The Bertz CT molecular complexity index is 1010. The van der Waals surface area contributed by atoms with E-state index in [0.29, 0.717) is 56.7 Å². The summed E-state index contributed by atoms with van der Waals surface area (Å²) in [5, 5.41) is 0. The van der Waals surface area contributed by atoms with Crippen molar-refractivity contribution in [3.63, 3.8) is 0 Å². The van der Waals surface area contributed by atoms with Gasteiger partial charge in [-0.3, -0.25) is 0 Å². The van der Waals surface area contributed by atoms with Crippen LogP contribution in [0.2, 0.25) is 0 Å². The number of hydrogen-bond acceptors (Lipinski definition) is 10. The van der Waals surface area contributed by atoms with E-state index in [2.05, 4.69) is 26.5 Å². The molecule has 0 aromatic heterocycles. The van der Waals surface area contributed by atoms with Gasteiger partial charge in [0, 0.05) is 25.7 Å². The molecular formula is C35H54O10. The van der Waals surface area contributed by atoms with Gasteiger partial charge in [0.2, 0.25) is 0 Å². The second-order valence-electron chi connectivity index (χ2n) is 11.3. The van der Waals surface area contributed by atoms with Crippen LogP contribution in [-0.2, 0) is 44.4 Å². The molecule has 0 spiro atoms. The highest BCUT2D eigenvalue weighted by Crippen LogP contribution is 2.47. The van der Waals surface area contributed by atoms with Gasteiger partial charge in [0.25, 0.3) is 0 Å². The molecular weight excluding hydrogens is 580 g/mol. The summed E-state index contributed by atoms with van der Waals surface area (Å²) in [6.45, 7) is 13.0. The summed E-state index contributed by atoms with van der Waals surface area (Å²) in [5.74, 6) is -0.474. The summed E-state index contributed by atoms with van der Waals surface area (Å²) in [6.07, 6.45) is 7.81. The van der Waals surface area contributed by atoms with E-state index < -0.39 is 11.9 Å². The average molecular weight is 635 g/mol. The maximum absolute atomic E-state index is 13.0. The number of carbonyl (C=O) groups is 2.